The van der Waals surface area contributed by atoms with E-state index in [1.54, 1.807) is 31.2 Å². The number of benzene rings is 1. The van der Waals surface area contributed by atoms with Crippen molar-refractivity contribution >= 4 is 17.5 Å². The van der Waals surface area contributed by atoms with Crippen LogP contribution in [-0.4, -0.2) is 41.2 Å². The highest BCUT2D eigenvalue weighted by Crippen LogP contribution is 2.26. The van der Waals surface area contributed by atoms with E-state index in [4.69, 9.17) is 21.4 Å². The molecule has 5 heteroatoms. The summed E-state index contributed by atoms with van der Waals surface area (Å²) in [4.78, 5) is 14.4. The Morgan fingerprint density at radius 3 is 2.62 bits per heavy atom. The van der Waals surface area contributed by atoms with E-state index >= 15 is 0 Å². The molecule has 21 heavy (non-hydrogen) atoms. The number of aliphatic hydroxyl groups excluding tert-OH is 1. The molecule has 116 valence electrons. The van der Waals surface area contributed by atoms with Gasteiger partial charge < -0.3 is 14.7 Å². The van der Waals surface area contributed by atoms with Crippen LogP contribution in [0.15, 0.2) is 24.3 Å². The first-order valence-electron chi connectivity index (χ1n) is 7.45. The second kappa shape index (κ2) is 7.66. The van der Waals surface area contributed by atoms with E-state index < -0.39 is 6.10 Å². The molecule has 2 rings (SSSR count). The molecule has 0 spiro atoms. The van der Waals surface area contributed by atoms with Crippen LogP contribution in [-0.2, 0) is 4.79 Å². The molecule has 0 heterocycles. The first-order chi connectivity index (χ1) is 10.1. The summed E-state index contributed by atoms with van der Waals surface area (Å²) in [6.07, 6.45) is 3.33. The molecule has 0 saturated heterocycles. The highest BCUT2D eigenvalue weighted by atomic mass is 35.5. The Labute approximate surface area is 130 Å². The molecule has 1 saturated carbocycles. The second-order valence-corrected chi connectivity index (χ2v) is 5.84. The molecule has 1 atom stereocenters. The maximum Gasteiger partial charge on any atom is 0.263 e. The molecular formula is C16H22ClNO3. The van der Waals surface area contributed by atoms with Gasteiger partial charge in [-0.2, -0.15) is 0 Å². The van der Waals surface area contributed by atoms with Crippen molar-refractivity contribution in [3.05, 3.63) is 29.3 Å². The highest BCUT2D eigenvalue weighted by molar-refractivity contribution is 6.30. The van der Waals surface area contributed by atoms with Gasteiger partial charge in [-0.1, -0.05) is 11.6 Å². The molecule has 1 N–H and O–H groups in total. The lowest BCUT2D eigenvalue weighted by atomic mass is 9.91. The monoisotopic (exact) mass is 311 g/mol. The van der Waals surface area contributed by atoms with Gasteiger partial charge in [0, 0.05) is 24.2 Å². The third-order valence-electron chi connectivity index (χ3n) is 3.83. The smallest absolute Gasteiger partial charge is 0.263 e. The summed E-state index contributed by atoms with van der Waals surface area (Å²) < 4.78 is 5.70. The number of amides is 1. The second-order valence-electron chi connectivity index (χ2n) is 5.41. The van der Waals surface area contributed by atoms with Crippen LogP contribution in [0.5, 0.6) is 5.75 Å². The lowest BCUT2D eigenvalue weighted by molar-refractivity contribution is -0.142. The van der Waals surface area contributed by atoms with Gasteiger partial charge in [0.2, 0.25) is 0 Å². The van der Waals surface area contributed by atoms with Crippen LogP contribution in [0.3, 0.4) is 0 Å². The SMILES string of the molecule is CC(Oc1ccc(Cl)cc1)C(=O)N(CCCO)C1CCC1. The molecule has 0 aromatic heterocycles. The van der Waals surface area contributed by atoms with Crippen molar-refractivity contribution < 1.29 is 14.6 Å². The van der Waals surface area contributed by atoms with Crippen molar-refractivity contribution in [3.8, 4) is 5.75 Å². The molecule has 0 aliphatic heterocycles. The van der Waals surface area contributed by atoms with E-state index in [0.717, 1.165) is 12.8 Å². The summed E-state index contributed by atoms with van der Waals surface area (Å²) in [6.45, 7) is 2.46. The number of ether oxygens (including phenoxy) is 1. The highest BCUT2D eigenvalue weighted by Gasteiger charge is 2.31. The minimum absolute atomic E-state index is 0.0110. The number of carbonyl (C=O) groups excluding carboxylic acids is 1. The number of carbonyl (C=O) groups is 1. The summed E-state index contributed by atoms with van der Waals surface area (Å²) in [5.74, 6) is 0.624. The molecule has 1 amide bonds. The van der Waals surface area contributed by atoms with Gasteiger partial charge in [0.1, 0.15) is 5.75 Å². The number of nitrogens with zero attached hydrogens (tertiary/aromatic N) is 1. The average Bonchev–Trinajstić information content (AvgIpc) is 2.43. The van der Waals surface area contributed by atoms with E-state index in [2.05, 4.69) is 0 Å². The maximum absolute atomic E-state index is 12.5. The van der Waals surface area contributed by atoms with Crippen LogP contribution < -0.4 is 4.74 Å². The number of hydrogen-bond acceptors (Lipinski definition) is 3. The quantitative estimate of drug-likeness (QED) is 0.842. The number of hydrogen-bond donors (Lipinski definition) is 1. The van der Waals surface area contributed by atoms with Crippen LogP contribution in [0.2, 0.25) is 5.02 Å². The van der Waals surface area contributed by atoms with Crippen molar-refractivity contribution in [2.45, 2.75) is 44.8 Å². The molecule has 0 radical (unpaired) electrons. The summed E-state index contributed by atoms with van der Waals surface area (Å²) in [6, 6.07) is 7.30. The van der Waals surface area contributed by atoms with Gasteiger partial charge in [0.25, 0.3) is 5.91 Å². The Kier molecular flexibility index (Phi) is 5.88. The molecule has 1 fully saturated rings. The van der Waals surface area contributed by atoms with E-state index in [1.165, 1.54) is 6.42 Å². The van der Waals surface area contributed by atoms with Crippen LogP contribution in [0, 0.1) is 0 Å². The average molecular weight is 312 g/mol. The Morgan fingerprint density at radius 1 is 1.43 bits per heavy atom. The van der Waals surface area contributed by atoms with E-state index in [1.807, 2.05) is 4.90 Å². The fraction of sp³-hybridized carbons (Fsp3) is 0.562. The van der Waals surface area contributed by atoms with Crippen molar-refractivity contribution in [3.63, 3.8) is 0 Å². The molecular weight excluding hydrogens is 290 g/mol. The largest absolute Gasteiger partial charge is 0.481 e. The molecule has 1 aromatic rings. The van der Waals surface area contributed by atoms with Gasteiger partial charge in [-0.25, -0.2) is 0 Å². The van der Waals surface area contributed by atoms with Crippen LogP contribution in [0.25, 0.3) is 0 Å². The maximum atomic E-state index is 12.5. The van der Waals surface area contributed by atoms with Gasteiger partial charge in [0.05, 0.1) is 0 Å². The minimum Gasteiger partial charge on any atom is -0.481 e. The normalized spacial score (nSPS) is 16.1. The number of rotatable bonds is 7. The summed E-state index contributed by atoms with van der Waals surface area (Å²) in [5.41, 5.74) is 0. The lowest BCUT2D eigenvalue weighted by Gasteiger charge is -2.38. The number of halogens is 1. The molecule has 1 aliphatic carbocycles. The molecule has 4 nitrogen and oxygen atoms in total. The fourth-order valence-electron chi connectivity index (χ4n) is 2.41. The zero-order valence-electron chi connectivity index (χ0n) is 12.3. The van der Waals surface area contributed by atoms with E-state index in [0.29, 0.717) is 29.8 Å². The number of aliphatic hydroxyl groups is 1. The zero-order chi connectivity index (χ0) is 15.2. The van der Waals surface area contributed by atoms with Gasteiger partial charge in [-0.05, 0) is 56.9 Å². The summed E-state index contributed by atoms with van der Waals surface area (Å²) >= 11 is 5.83. The molecule has 1 aromatic carbocycles. The predicted octanol–water partition coefficient (Wildman–Crippen LogP) is 2.87. The third-order valence-corrected chi connectivity index (χ3v) is 4.08. The van der Waals surface area contributed by atoms with Crippen molar-refractivity contribution in [2.75, 3.05) is 13.2 Å². The summed E-state index contributed by atoms with van der Waals surface area (Å²) in [5, 5.41) is 9.63. The minimum atomic E-state index is -0.537. The van der Waals surface area contributed by atoms with E-state index in [9.17, 15) is 4.79 Å². The Hall–Kier alpha value is -1.26. The van der Waals surface area contributed by atoms with E-state index in [-0.39, 0.29) is 12.5 Å². The topological polar surface area (TPSA) is 49.8 Å². The Bertz CT molecular complexity index is 459. The van der Waals surface area contributed by atoms with Crippen LogP contribution in [0.4, 0.5) is 0 Å². The lowest BCUT2D eigenvalue weighted by Crippen LogP contribution is -2.49. The van der Waals surface area contributed by atoms with Crippen molar-refractivity contribution in [1.82, 2.24) is 4.90 Å². The predicted molar refractivity (Wildman–Crippen MR) is 82.6 cm³/mol. The zero-order valence-corrected chi connectivity index (χ0v) is 13.1. The van der Waals surface area contributed by atoms with Crippen LogP contribution >= 0.6 is 11.6 Å². The Balaban J connectivity index is 1.96. The van der Waals surface area contributed by atoms with Gasteiger partial charge >= 0.3 is 0 Å². The fourth-order valence-corrected chi connectivity index (χ4v) is 2.54. The summed E-state index contributed by atoms with van der Waals surface area (Å²) in [7, 11) is 0. The Morgan fingerprint density at radius 2 is 2.10 bits per heavy atom. The first kappa shape index (κ1) is 16.1. The standard InChI is InChI=1S/C16H22ClNO3/c1-12(21-15-8-6-13(17)7-9-15)16(20)18(10-3-11-19)14-4-2-5-14/h6-9,12,14,19H,2-5,10-11H2,1H3. The molecule has 0 bridgehead atoms. The van der Waals surface area contributed by atoms with Crippen molar-refractivity contribution in [2.24, 2.45) is 0 Å². The molecule has 1 aliphatic rings. The first-order valence-corrected chi connectivity index (χ1v) is 7.83. The van der Waals surface area contributed by atoms with Crippen LogP contribution in [0.1, 0.15) is 32.6 Å². The molecule has 1 unspecified atom stereocenters. The van der Waals surface area contributed by atoms with Gasteiger partial charge in [0.15, 0.2) is 6.10 Å². The van der Waals surface area contributed by atoms with Gasteiger partial charge in [-0.15, -0.1) is 0 Å². The van der Waals surface area contributed by atoms with Crippen molar-refractivity contribution in [1.29, 1.82) is 0 Å². The van der Waals surface area contributed by atoms with Gasteiger partial charge in [-0.3, -0.25) is 4.79 Å². The third kappa shape index (κ3) is 4.35.